The lowest BCUT2D eigenvalue weighted by Gasteiger charge is -2.22. The number of aliphatic carboxylic acids is 1. The maximum absolute atomic E-state index is 12.6. The van der Waals surface area contributed by atoms with E-state index in [9.17, 15) is 24.3 Å². The lowest BCUT2D eigenvalue weighted by molar-refractivity contribution is -0.147. The number of esters is 1. The second kappa shape index (κ2) is 10.3. The molecule has 10 nitrogen and oxygen atoms in total. The van der Waals surface area contributed by atoms with Crippen LogP contribution in [0.5, 0.6) is 0 Å². The number of carboxylic acid groups (broad SMARTS) is 1. The molecule has 31 heavy (non-hydrogen) atoms. The molecular weight excluding hydrogens is 408 g/mol. The van der Waals surface area contributed by atoms with Crippen molar-refractivity contribution in [3.8, 4) is 0 Å². The molecule has 2 rings (SSSR count). The van der Waals surface area contributed by atoms with E-state index in [2.05, 4.69) is 10.8 Å². The topological polar surface area (TPSA) is 140 Å². The summed E-state index contributed by atoms with van der Waals surface area (Å²) in [6, 6.07) is 7.55. The number of ether oxygens (including phenoxy) is 2. The van der Waals surface area contributed by atoms with Gasteiger partial charge >= 0.3 is 18.0 Å². The van der Waals surface area contributed by atoms with Crippen LogP contribution >= 0.6 is 0 Å². The summed E-state index contributed by atoms with van der Waals surface area (Å²) < 4.78 is 10.1. The predicted octanol–water partition coefficient (Wildman–Crippen LogP) is 1.64. The molecule has 4 atom stereocenters. The minimum atomic E-state index is -1.52. The first kappa shape index (κ1) is 24.1. The highest BCUT2D eigenvalue weighted by molar-refractivity contribution is 5.93. The summed E-state index contributed by atoms with van der Waals surface area (Å²) in [6.45, 7) is 6.63. The molecule has 170 valence electrons. The van der Waals surface area contributed by atoms with Crippen LogP contribution < -0.4 is 10.8 Å². The SMILES string of the molecule is CCOC(=O)C1C(C(=O)NOCc2ccccc2)C1C(NC(=O)OC(C)(C)C)C(=O)O. The molecule has 1 aromatic carbocycles. The summed E-state index contributed by atoms with van der Waals surface area (Å²) in [5.74, 6) is -5.86. The van der Waals surface area contributed by atoms with Gasteiger partial charge in [-0.3, -0.25) is 14.4 Å². The highest BCUT2D eigenvalue weighted by Crippen LogP contribution is 2.49. The van der Waals surface area contributed by atoms with Gasteiger partial charge in [-0.2, -0.15) is 0 Å². The van der Waals surface area contributed by atoms with Gasteiger partial charge in [0.25, 0.3) is 0 Å². The highest BCUT2D eigenvalue weighted by Gasteiger charge is 2.65. The fraction of sp³-hybridized carbons (Fsp3) is 0.524. The molecule has 1 aromatic rings. The fourth-order valence-corrected chi connectivity index (χ4v) is 3.22. The average Bonchev–Trinajstić information content (AvgIpc) is 3.41. The van der Waals surface area contributed by atoms with Gasteiger partial charge in [0.05, 0.1) is 25.0 Å². The average molecular weight is 436 g/mol. The second-order valence-corrected chi connectivity index (χ2v) is 8.08. The zero-order chi connectivity index (χ0) is 23.2. The molecule has 0 saturated heterocycles. The van der Waals surface area contributed by atoms with Crippen LogP contribution in [-0.4, -0.2) is 47.3 Å². The number of amides is 2. The Balaban J connectivity index is 2.07. The van der Waals surface area contributed by atoms with Gasteiger partial charge in [0.2, 0.25) is 5.91 Å². The summed E-state index contributed by atoms with van der Waals surface area (Å²) in [5.41, 5.74) is 2.22. The number of hydrogen-bond donors (Lipinski definition) is 3. The molecule has 0 bridgehead atoms. The summed E-state index contributed by atoms with van der Waals surface area (Å²) in [6.07, 6.45) is -0.964. The number of nitrogens with one attached hydrogen (secondary N) is 2. The van der Waals surface area contributed by atoms with Crippen LogP contribution in [0.2, 0.25) is 0 Å². The van der Waals surface area contributed by atoms with E-state index in [1.54, 1.807) is 39.8 Å². The van der Waals surface area contributed by atoms with E-state index in [-0.39, 0.29) is 13.2 Å². The van der Waals surface area contributed by atoms with Gasteiger partial charge in [-0.05, 0) is 33.3 Å². The molecule has 1 aliphatic carbocycles. The van der Waals surface area contributed by atoms with Crippen molar-refractivity contribution >= 4 is 23.9 Å². The van der Waals surface area contributed by atoms with E-state index in [4.69, 9.17) is 14.3 Å². The number of rotatable bonds is 9. The fourth-order valence-electron chi connectivity index (χ4n) is 3.22. The monoisotopic (exact) mass is 436 g/mol. The van der Waals surface area contributed by atoms with Crippen LogP contribution in [0.15, 0.2) is 30.3 Å². The van der Waals surface area contributed by atoms with E-state index in [1.807, 2.05) is 18.2 Å². The molecule has 0 aromatic heterocycles. The van der Waals surface area contributed by atoms with Crippen LogP contribution in [0, 0.1) is 17.8 Å². The van der Waals surface area contributed by atoms with Crippen LogP contribution in [0.25, 0.3) is 0 Å². The Morgan fingerprint density at radius 1 is 1.10 bits per heavy atom. The van der Waals surface area contributed by atoms with Crippen LogP contribution in [0.1, 0.15) is 33.3 Å². The van der Waals surface area contributed by atoms with E-state index in [0.29, 0.717) is 0 Å². The van der Waals surface area contributed by atoms with Gasteiger partial charge in [-0.1, -0.05) is 30.3 Å². The number of alkyl carbamates (subject to hydrolysis) is 1. The van der Waals surface area contributed by atoms with E-state index < -0.39 is 53.3 Å². The smallest absolute Gasteiger partial charge is 0.408 e. The Kier molecular flexibility index (Phi) is 7.98. The molecule has 1 aliphatic rings. The molecule has 2 amide bonds. The number of hydroxylamine groups is 1. The second-order valence-electron chi connectivity index (χ2n) is 8.08. The quantitative estimate of drug-likeness (QED) is 0.392. The number of carboxylic acids is 1. The summed E-state index contributed by atoms with van der Waals surface area (Å²) >= 11 is 0. The lowest BCUT2D eigenvalue weighted by Crippen LogP contribution is -2.46. The van der Waals surface area contributed by atoms with E-state index >= 15 is 0 Å². The van der Waals surface area contributed by atoms with Gasteiger partial charge in [-0.15, -0.1) is 0 Å². The molecule has 0 heterocycles. The van der Waals surface area contributed by atoms with Crippen molar-refractivity contribution in [2.45, 2.75) is 45.9 Å². The predicted molar refractivity (Wildman–Crippen MR) is 107 cm³/mol. The first-order chi connectivity index (χ1) is 14.5. The third kappa shape index (κ3) is 6.95. The molecule has 4 unspecified atom stereocenters. The molecule has 1 saturated carbocycles. The van der Waals surface area contributed by atoms with Gasteiger partial charge in [0, 0.05) is 5.92 Å². The highest BCUT2D eigenvalue weighted by atomic mass is 16.7. The number of carbonyl (C=O) groups is 4. The molecular formula is C21H28N2O8. The summed E-state index contributed by atoms with van der Waals surface area (Å²) in [5, 5.41) is 11.8. The third-order valence-corrected chi connectivity index (χ3v) is 4.51. The van der Waals surface area contributed by atoms with E-state index in [0.717, 1.165) is 5.56 Å². The Bertz CT molecular complexity index is 805. The Labute approximate surface area is 180 Å². The van der Waals surface area contributed by atoms with Crippen molar-refractivity contribution in [2.24, 2.45) is 17.8 Å². The van der Waals surface area contributed by atoms with Crippen molar-refractivity contribution in [1.29, 1.82) is 0 Å². The van der Waals surface area contributed by atoms with Crippen molar-refractivity contribution in [3.05, 3.63) is 35.9 Å². The van der Waals surface area contributed by atoms with Gasteiger partial charge in [-0.25, -0.2) is 15.1 Å². The maximum Gasteiger partial charge on any atom is 0.408 e. The minimum Gasteiger partial charge on any atom is -0.480 e. The van der Waals surface area contributed by atoms with E-state index in [1.165, 1.54) is 0 Å². The van der Waals surface area contributed by atoms with Gasteiger partial charge in [0.1, 0.15) is 11.6 Å². The van der Waals surface area contributed by atoms with Gasteiger partial charge in [0.15, 0.2) is 0 Å². The van der Waals surface area contributed by atoms with Crippen molar-refractivity contribution in [3.63, 3.8) is 0 Å². The molecule has 0 spiro atoms. The van der Waals surface area contributed by atoms with Crippen LogP contribution in [-0.2, 0) is 35.3 Å². The molecule has 0 radical (unpaired) electrons. The van der Waals surface area contributed by atoms with Crippen LogP contribution in [0.4, 0.5) is 4.79 Å². The normalized spacial score (nSPS) is 20.8. The largest absolute Gasteiger partial charge is 0.480 e. The number of carbonyl (C=O) groups excluding carboxylic acids is 3. The third-order valence-electron chi connectivity index (χ3n) is 4.51. The summed E-state index contributed by atoms with van der Waals surface area (Å²) in [4.78, 5) is 53.9. The van der Waals surface area contributed by atoms with Crippen LogP contribution in [0.3, 0.4) is 0 Å². The Morgan fingerprint density at radius 3 is 2.29 bits per heavy atom. The maximum atomic E-state index is 12.6. The molecule has 3 N–H and O–H groups in total. The zero-order valence-corrected chi connectivity index (χ0v) is 17.9. The zero-order valence-electron chi connectivity index (χ0n) is 17.9. The first-order valence-corrected chi connectivity index (χ1v) is 9.89. The molecule has 0 aliphatic heterocycles. The van der Waals surface area contributed by atoms with Crippen molar-refractivity contribution in [1.82, 2.24) is 10.8 Å². The van der Waals surface area contributed by atoms with Crippen molar-refractivity contribution in [2.75, 3.05) is 6.61 Å². The Hall–Kier alpha value is -3.14. The summed E-state index contributed by atoms with van der Waals surface area (Å²) in [7, 11) is 0. The van der Waals surface area contributed by atoms with Crippen molar-refractivity contribution < 1.29 is 38.6 Å². The first-order valence-electron chi connectivity index (χ1n) is 9.89. The molecule has 10 heteroatoms. The number of benzene rings is 1. The minimum absolute atomic E-state index is 0.0676. The standard InChI is InChI=1S/C21H28N2O8/c1-5-29-19(27)15-13(16(18(25)26)22-20(28)31-21(2,3)4)14(15)17(24)23-30-11-12-9-7-6-8-10-12/h6-10,13-16H,5,11H2,1-4H3,(H,22,28)(H,23,24)(H,25,26). The number of hydrogen-bond acceptors (Lipinski definition) is 7. The van der Waals surface area contributed by atoms with Gasteiger partial charge < -0.3 is 19.9 Å². The lowest BCUT2D eigenvalue weighted by atomic mass is 10.1. The Morgan fingerprint density at radius 2 is 1.74 bits per heavy atom. The molecule has 1 fully saturated rings.